The van der Waals surface area contributed by atoms with Gasteiger partial charge < -0.3 is 25.2 Å². The van der Waals surface area contributed by atoms with E-state index in [0.29, 0.717) is 17.1 Å². The van der Waals surface area contributed by atoms with Gasteiger partial charge in [-0.25, -0.2) is 23.1 Å². The molecule has 37 heavy (non-hydrogen) atoms. The van der Waals surface area contributed by atoms with E-state index in [2.05, 4.69) is 25.5 Å². The van der Waals surface area contributed by atoms with Crippen molar-refractivity contribution in [1.29, 1.82) is 0 Å². The highest BCUT2D eigenvalue weighted by Crippen LogP contribution is 2.42. The normalized spacial score (nSPS) is 19.6. The number of aromatic nitrogens is 2. The third-order valence-electron chi connectivity index (χ3n) is 6.96. The Hall–Kier alpha value is -3.53. The van der Waals surface area contributed by atoms with Gasteiger partial charge in [-0.05, 0) is 58.0 Å². The fourth-order valence-electron chi connectivity index (χ4n) is 5.01. The Bertz CT molecular complexity index is 1300. The van der Waals surface area contributed by atoms with Crippen LogP contribution >= 0.6 is 0 Å². The van der Waals surface area contributed by atoms with Gasteiger partial charge in [0.15, 0.2) is 17.4 Å². The van der Waals surface area contributed by atoms with E-state index < -0.39 is 11.6 Å². The van der Waals surface area contributed by atoms with E-state index in [1.165, 1.54) is 12.1 Å². The summed E-state index contributed by atoms with van der Waals surface area (Å²) < 4.78 is 50.8. The summed E-state index contributed by atoms with van der Waals surface area (Å²) in [7, 11) is 0. The maximum atomic E-state index is 15.2. The molecule has 0 saturated carbocycles. The van der Waals surface area contributed by atoms with Crippen molar-refractivity contribution < 1.29 is 17.9 Å². The van der Waals surface area contributed by atoms with E-state index in [9.17, 15) is 8.78 Å². The van der Waals surface area contributed by atoms with Crippen molar-refractivity contribution >= 4 is 23.0 Å². The number of ether oxygens (including phenoxy) is 1. The van der Waals surface area contributed by atoms with Gasteiger partial charge >= 0.3 is 0 Å². The Kier molecular flexibility index (Phi) is 6.85. The van der Waals surface area contributed by atoms with Crippen molar-refractivity contribution in [2.24, 2.45) is 0 Å². The van der Waals surface area contributed by atoms with Gasteiger partial charge in [0.2, 0.25) is 5.95 Å². The first kappa shape index (κ1) is 25.1. The molecule has 3 aromatic rings. The zero-order chi connectivity index (χ0) is 26.3. The molecule has 5 rings (SSSR count). The molecule has 2 aromatic carbocycles. The highest BCUT2D eigenvalue weighted by atomic mass is 19.1. The molecule has 0 aliphatic carbocycles. The number of halogens is 3. The van der Waals surface area contributed by atoms with E-state index in [4.69, 9.17) is 4.74 Å². The minimum Gasteiger partial charge on any atom is -0.483 e. The average Bonchev–Trinajstić information content (AvgIpc) is 2.87. The van der Waals surface area contributed by atoms with E-state index in [-0.39, 0.29) is 47.0 Å². The minimum absolute atomic E-state index is 0.00584. The lowest BCUT2D eigenvalue weighted by molar-refractivity contribution is 0.164. The molecule has 2 atom stereocenters. The monoisotopic (exact) mass is 512 g/mol. The fraction of sp³-hybridized carbons (Fsp3) is 0.407. The van der Waals surface area contributed by atoms with Crippen molar-refractivity contribution in [2.75, 3.05) is 41.3 Å². The van der Waals surface area contributed by atoms with Gasteiger partial charge in [0.1, 0.15) is 17.6 Å². The maximum absolute atomic E-state index is 15.2. The molecule has 0 amide bonds. The van der Waals surface area contributed by atoms with Crippen LogP contribution in [0.5, 0.6) is 5.75 Å². The average molecular weight is 513 g/mol. The number of nitrogens with zero attached hydrogens (tertiary/aromatic N) is 4. The third kappa shape index (κ3) is 4.90. The van der Waals surface area contributed by atoms with Crippen molar-refractivity contribution in [1.82, 2.24) is 15.3 Å². The van der Waals surface area contributed by atoms with Crippen LogP contribution in [-0.4, -0.2) is 54.3 Å². The number of hydrogen-bond donors (Lipinski definition) is 2. The van der Waals surface area contributed by atoms with Crippen molar-refractivity contribution in [3.8, 4) is 17.0 Å². The Labute approximate surface area is 214 Å². The molecule has 0 spiro atoms. The number of hydrogen-bond acceptors (Lipinski definition) is 7. The van der Waals surface area contributed by atoms with Gasteiger partial charge in [0, 0.05) is 43.5 Å². The van der Waals surface area contributed by atoms with Crippen LogP contribution in [0.15, 0.2) is 36.5 Å². The number of anilines is 4. The smallest absolute Gasteiger partial charge is 0.227 e. The largest absolute Gasteiger partial charge is 0.483 e. The second-order valence-electron chi connectivity index (χ2n) is 9.79. The lowest BCUT2D eigenvalue weighted by Crippen LogP contribution is -2.50. The fourth-order valence-corrected chi connectivity index (χ4v) is 5.01. The van der Waals surface area contributed by atoms with Crippen LogP contribution in [-0.2, 0) is 0 Å². The highest BCUT2D eigenvalue weighted by Gasteiger charge is 2.34. The summed E-state index contributed by atoms with van der Waals surface area (Å²) in [5.41, 5.74) is 1.70. The molecule has 0 radical (unpaired) electrons. The summed E-state index contributed by atoms with van der Waals surface area (Å²) in [4.78, 5) is 12.4. The molecular formula is C27H31F3N6O. The van der Waals surface area contributed by atoms with E-state index >= 15 is 4.39 Å². The van der Waals surface area contributed by atoms with Gasteiger partial charge in [0.25, 0.3) is 0 Å². The molecule has 3 heterocycles. The molecule has 2 N–H and O–H groups in total. The van der Waals surface area contributed by atoms with E-state index in [1.54, 1.807) is 18.2 Å². The molecule has 1 aromatic heterocycles. The first-order valence-electron chi connectivity index (χ1n) is 12.6. The molecule has 2 unspecified atom stereocenters. The maximum Gasteiger partial charge on any atom is 0.227 e. The van der Waals surface area contributed by atoms with Gasteiger partial charge in [-0.2, -0.15) is 0 Å². The molecular weight excluding hydrogens is 481 g/mol. The van der Waals surface area contributed by atoms with Gasteiger partial charge in [0.05, 0.1) is 23.6 Å². The molecule has 196 valence electrons. The second kappa shape index (κ2) is 10.1. The van der Waals surface area contributed by atoms with Crippen molar-refractivity contribution in [2.45, 2.75) is 45.9 Å². The third-order valence-corrected chi connectivity index (χ3v) is 6.96. The van der Waals surface area contributed by atoms with Crippen LogP contribution < -0.4 is 25.2 Å². The first-order valence-corrected chi connectivity index (χ1v) is 12.6. The molecule has 0 bridgehead atoms. The van der Waals surface area contributed by atoms with Crippen LogP contribution in [0.4, 0.5) is 36.2 Å². The van der Waals surface area contributed by atoms with E-state index in [0.717, 1.165) is 32.4 Å². The Morgan fingerprint density at radius 3 is 2.46 bits per heavy atom. The van der Waals surface area contributed by atoms with Crippen LogP contribution in [0, 0.1) is 17.5 Å². The first-order chi connectivity index (χ1) is 17.7. The van der Waals surface area contributed by atoms with Gasteiger partial charge in [-0.1, -0.05) is 0 Å². The lowest BCUT2D eigenvalue weighted by atomic mass is 10.0. The SMILES string of the molecule is CC1Oc2c(F)cc(-c3nc(Nc4ccc(N5CCNCC5)c(F)c4)ncc3F)cc2N(C(C)C)C1C. The second-order valence-corrected chi connectivity index (χ2v) is 9.79. The lowest BCUT2D eigenvalue weighted by Gasteiger charge is -2.43. The summed E-state index contributed by atoms with van der Waals surface area (Å²) in [5.74, 6) is -1.43. The Balaban J connectivity index is 1.45. The van der Waals surface area contributed by atoms with Gasteiger partial charge in [-0.15, -0.1) is 0 Å². The summed E-state index contributed by atoms with van der Waals surface area (Å²) >= 11 is 0. The zero-order valence-electron chi connectivity index (χ0n) is 21.4. The number of rotatable bonds is 5. The van der Waals surface area contributed by atoms with Gasteiger partial charge in [-0.3, -0.25) is 0 Å². The predicted octanol–water partition coefficient (Wildman–Crippen LogP) is 5.10. The topological polar surface area (TPSA) is 65.5 Å². The summed E-state index contributed by atoms with van der Waals surface area (Å²) in [6, 6.07) is 7.77. The molecule has 1 saturated heterocycles. The summed E-state index contributed by atoms with van der Waals surface area (Å²) in [5, 5.41) is 6.19. The summed E-state index contributed by atoms with van der Waals surface area (Å²) in [6.07, 6.45) is 0.815. The zero-order valence-corrected chi connectivity index (χ0v) is 21.4. The molecule has 1 fully saturated rings. The summed E-state index contributed by atoms with van der Waals surface area (Å²) in [6.45, 7) is 11.0. The van der Waals surface area contributed by atoms with Crippen molar-refractivity contribution in [3.05, 3.63) is 54.0 Å². The highest BCUT2D eigenvalue weighted by molar-refractivity contribution is 5.73. The number of piperazine rings is 1. The molecule has 2 aliphatic rings. The van der Waals surface area contributed by atoms with E-state index in [1.807, 2.05) is 32.6 Å². The standard InChI is InChI=1S/C27H31F3N6O/c1-15(2)36-16(3)17(4)37-26-21(29)11-18(12-24(26)36)25-22(30)14-32-27(34-25)33-19-5-6-23(20(28)13-19)35-9-7-31-8-10-35/h5-6,11-17,31H,7-10H2,1-4H3,(H,32,33,34). The van der Waals surface area contributed by atoms with Crippen LogP contribution in [0.25, 0.3) is 11.3 Å². The number of nitrogens with one attached hydrogen (secondary N) is 2. The number of benzene rings is 2. The Morgan fingerprint density at radius 1 is 1.00 bits per heavy atom. The molecule has 7 nitrogen and oxygen atoms in total. The quantitative estimate of drug-likeness (QED) is 0.493. The van der Waals surface area contributed by atoms with Crippen LogP contribution in [0.1, 0.15) is 27.7 Å². The molecule has 10 heteroatoms. The van der Waals surface area contributed by atoms with Crippen LogP contribution in [0.2, 0.25) is 0 Å². The van der Waals surface area contributed by atoms with Crippen LogP contribution in [0.3, 0.4) is 0 Å². The Morgan fingerprint density at radius 2 is 1.76 bits per heavy atom. The predicted molar refractivity (Wildman–Crippen MR) is 139 cm³/mol. The minimum atomic E-state index is -0.695. The number of fused-ring (bicyclic) bond motifs is 1. The molecule has 2 aliphatic heterocycles. The van der Waals surface area contributed by atoms with Crippen molar-refractivity contribution in [3.63, 3.8) is 0 Å².